The number of Topliss-reactive ketones (excluding diaryl/α,β-unsaturated/α-hetero) is 2. The van der Waals surface area contributed by atoms with Gasteiger partial charge in [0.25, 0.3) is 0 Å². The van der Waals surface area contributed by atoms with E-state index in [1.165, 1.54) is 0 Å². The summed E-state index contributed by atoms with van der Waals surface area (Å²) in [5.41, 5.74) is 1.96. The van der Waals surface area contributed by atoms with Gasteiger partial charge in [-0.2, -0.15) is 0 Å². The number of fused-ring (bicyclic) bond motifs is 1. The molecule has 0 aromatic heterocycles. The highest BCUT2D eigenvalue weighted by molar-refractivity contribution is 6.24. The van der Waals surface area contributed by atoms with E-state index in [2.05, 4.69) is 0 Å². The zero-order valence-electron chi connectivity index (χ0n) is 11.6. The number of hydrogen-bond acceptors (Lipinski definition) is 4. The highest BCUT2D eigenvalue weighted by Crippen LogP contribution is 2.26. The molecule has 0 heterocycles. The van der Waals surface area contributed by atoms with Gasteiger partial charge in [0.1, 0.15) is 18.1 Å². The Morgan fingerprint density at radius 3 is 2.29 bits per heavy atom. The van der Waals surface area contributed by atoms with Crippen LogP contribution in [0.3, 0.4) is 0 Å². The van der Waals surface area contributed by atoms with Gasteiger partial charge in [-0.1, -0.05) is 12.1 Å². The Hall–Kier alpha value is -2.62. The van der Waals surface area contributed by atoms with Crippen molar-refractivity contribution in [2.75, 3.05) is 7.11 Å². The molecule has 0 saturated carbocycles. The third-order valence-electron chi connectivity index (χ3n) is 3.48. The van der Waals surface area contributed by atoms with Crippen molar-refractivity contribution >= 4 is 11.6 Å². The molecule has 2 aromatic rings. The Balaban J connectivity index is 1.72. The first-order chi connectivity index (χ1) is 10.2. The van der Waals surface area contributed by atoms with E-state index in [4.69, 9.17) is 9.47 Å². The lowest BCUT2D eigenvalue weighted by Gasteiger charge is -2.08. The minimum absolute atomic E-state index is 0.0305. The molecule has 1 aliphatic rings. The molecule has 0 aliphatic heterocycles. The second-order valence-corrected chi connectivity index (χ2v) is 4.87. The molecule has 0 radical (unpaired) electrons. The third-order valence-corrected chi connectivity index (χ3v) is 3.48. The van der Waals surface area contributed by atoms with Crippen LogP contribution < -0.4 is 9.47 Å². The fourth-order valence-electron chi connectivity index (χ4n) is 2.31. The summed E-state index contributed by atoms with van der Waals surface area (Å²) < 4.78 is 10.8. The number of methoxy groups -OCH3 is 1. The zero-order chi connectivity index (χ0) is 14.8. The summed E-state index contributed by atoms with van der Waals surface area (Å²) in [5, 5.41) is 0. The maximum atomic E-state index is 11.7. The van der Waals surface area contributed by atoms with Crippen LogP contribution in [-0.2, 0) is 6.61 Å². The smallest absolute Gasteiger partial charge is 0.171 e. The predicted octanol–water partition coefficient (Wildman–Crippen LogP) is 3.04. The summed E-state index contributed by atoms with van der Waals surface area (Å²) in [6.45, 7) is 0.394. The van der Waals surface area contributed by atoms with Crippen LogP contribution in [0.5, 0.6) is 11.5 Å². The van der Waals surface area contributed by atoms with Gasteiger partial charge in [0.05, 0.1) is 13.5 Å². The number of carbonyl (C=O) groups excluding carboxylic acids is 2. The van der Waals surface area contributed by atoms with Crippen LogP contribution in [0.4, 0.5) is 0 Å². The third kappa shape index (κ3) is 2.65. The van der Waals surface area contributed by atoms with Gasteiger partial charge < -0.3 is 9.47 Å². The molecule has 106 valence electrons. The van der Waals surface area contributed by atoms with Crippen molar-refractivity contribution in [3.8, 4) is 11.5 Å². The van der Waals surface area contributed by atoms with E-state index >= 15 is 0 Å². The summed E-state index contributed by atoms with van der Waals surface area (Å²) in [7, 11) is 1.62. The minimum atomic E-state index is -0.134. The van der Waals surface area contributed by atoms with E-state index in [0.717, 1.165) is 11.3 Å². The average Bonchev–Trinajstić information content (AvgIpc) is 2.80. The van der Waals surface area contributed by atoms with Gasteiger partial charge in [-0.05, 0) is 35.9 Å². The molecule has 0 spiro atoms. The normalized spacial score (nSPS) is 13.2. The Bertz CT molecular complexity index is 701. The highest BCUT2D eigenvalue weighted by Gasteiger charge is 2.27. The maximum absolute atomic E-state index is 11.7. The number of ether oxygens (including phenoxy) is 2. The molecule has 0 N–H and O–H groups in total. The summed E-state index contributed by atoms with van der Waals surface area (Å²) >= 11 is 0. The summed E-state index contributed by atoms with van der Waals surface area (Å²) in [4.78, 5) is 23.2. The van der Waals surface area contributed by atoms with Crippen LogP contribution in [-0.4, -0.2) is 18.7 Å². The molecule has 4 heteroatoms. The fraction of sp³-hybridized carbons (Fsp3) is 0.176. The van der Waals surface area contributed by atoms with Gasteiger partial charge in [-0.15, -0.1) is 0 Å². The average molecular weight is 282 g/mol. The van der Waals surface area contributed by atoms with Crippen molar-refractivity contribution in [3.05, 3.63) is 59.2 Å². The highest BCUT2D eigenvalue weighted by atomic mass is 16.5. The second-order valence-electron chi connectivity index (χ2n) is 4.87. The standard InChI is InChI=1S/C17H14O4/c1-20-12-4-2-11(3-5-12)10-21-13-6-7-14-15(8-13)17(19)9-16(14)18/h2-8H,9-10H2,1H3. The first-order valence-corrected chi connectivity index (χ1v) is 6.63. The molecule has 0 atom stereocenters. The molecule has 0 bridgehead atoms. The number of benzene rings is 2. The van der Waals surface area contributed by atoms with Crippen LogP contribution in [0, 0.1) is 0 Å². The van der Waals surface area contributed by atoms with Crippen LogP contribution in [0.2, 0.25) is 0 Å². The molecule has 2 aromatic carbocycles. The van der Waals surface area contributed by atoms with Crippen LogP contribution in [0.1, 0.15) is 32.7 Å². The topological polar surface area (TPSA) is 52.6 Å². The molecule has 0 saturated heterocycles. The molecule has 1 aliphatic carbocycles. The van der Waals surface area contributed by atoms with Gasteiger partial charge in [0.15, 0.2) is 11.6 Å². The van der Waals surface area contributed by atoms with Crippen molar-refractivity contribution in [3.63, 3.8) is 0 Å². The number of carbonyl (C=O) groups is 2. The van der Waals surface area contributed by atoms with Gasteiger partial charge >= 0.3 is 0 Å². The van der Waals surface area contributed by atoms with Crippen molar-refractivity contribution in [1.82, 2.24) is 0 Å². The van der Waals surface area contributed by atoms with Crippen LogP contribution >= 0.6 is 0 Å². The van der Waals surface area contributed by atoms with E-state index in [0.29, 0.717) is 23.5 Å². The van der Waals surface area contributed by atoms with Crippen molar-refractivity contribution in [2.45, 2.75) is 13.0 Å². The Morgan fingerprint density at radius 1 is 0.905 bits per heavy atom. The summed E-state index contributed by atoms with van der Waals surface area (Å²) in [5.74, 6) is 1.13. The Morgan fingerprint density at radius 2 is 1.57 bits per heavy atom. The van der Waals surface area contributed by atoms with Gasteiger partial charge in [0, 0.05) is 11.1 Å². The lowest BCUT2D eigenvalue weighted by atomic mass is 10.1. The Kier molecular flexibility index (Phi) is 3.44. The Labute approximate surface area is 122 Å². The molecule has 0 fully saturated rings. The zero-order valence-corrected chi connectivity index (χ0v) is 11.6. The van der Waals surface area contributed by atoms with E-state index in [1.807, 2.05) is 24.3 Å². The molecule has 0 unspecified atom stereocenters. The lowest BCUT2D eigenvalue weighted by molar-refractivity contribution is 0.0923. The molecular formula is C17H14O4. The largest absolute Gasteiger partial charge is 0.497 e. The lowest BCUT2D eigenvalue weighted by Crippen LogP contribution is -1.98. The van der Waals surface area contributed by atoms with Crippen molar-refractivity contribution in [1.29, 1.82) is 0 Å². The van der Waals surface area contributed by atoms with Gasteiger partial charge in [-0.25, -0.2) is 0 Å². The SMILES string of the molecule is COc1ccc(COc2ccc3c(c2)C(=O)CC3=O)cc1. The van der Waals surface area contributed by atoms with Crippen LogP contribution in [0.15, 0.2) is 42.5 Å². The number of hydrogen-bond donors (Lipinski definition) is 0. The van der Waals surface area contributed by atoms with Crippen molar-refractivity contribution in [2.24, 2.45) is 0 Å². The monoisotopic (exact) mass is 282 g/mol. The van der Waals surface area contributed by atoms with E-state index in [-0.39, 0.29) is 18.0 Å². The molecule has 0 amide bonds. The predicted molar refractivity (Wildman–Crippen MR) is 77.0 cm³/mol. The minimum Gasteiger partial charge on any atom is -0.497 e. The number of rotatable bonds is 4. The first kappa shape index (κ1) is 13.4. The van der Waals surface area contributed by atoms with Gasteiger partial charge in [-0.3, -0.25) is 9.59 Å². The van der Waals surface area contributed by atoms with E-state index in [9.17, 15) is 9.59 Å². The second kappa shape index (κ2) is 5.40. The van der Waals surface area contributed by atoms with E-state index < -0.39 is 0 Å². The quantitative estimate of drug-likeness (QED) is 0.809. The molecule has 21 heavy (non-hydrogen) atoms. The van der Waals surface area contributed by atoms with Crippen molar-refractivity contribution < 1.29 is 19.1 Å². The number of ketones is 2. The molecule has 3 rings (SSSR count). The molecule has 4 nitrogen and oxygen atoms in total. The summed E-state index contributed by atoms with van der Waals surface area (Å²) in [6.07, 6.45) is -0.0305. The van der Waals surface area contributed by atoms with Crippen LogP contribution in [0.25, 0.3) is 0 Å². The van der Waals surface area contributed by atoms with Gasteiger partial charge in [0.2, 0.25) is 0 Å². The molecular weight excluding hydrogens is 268 g/mol. The van der Waals surface area contributed by atoms with E-state index in [1.54, 1.807) is 25.3 Å². The maximum Gasteiger partial charge on any atom is 0.171 e. The first-order valence-electron chi connectivity index (χ1n) is 6.63. The summed E-state index contributed by atoms with van der Waals surface area (Å²) in [6, 6.07) is 12.6. The fourth-order valence-corrected chi connectivity index (χ4v) is 2.31.